The molecule has 1 saturated heterocycles. The molecule has 108 valence electrons. The predicted octanol–water partition coefficient (Wildman–Crippen LogP) is 2.26. The molecule has 0 saturated carbocycles. The Hall–Kier alpha value is -0.870. The van der Waals surface area contributed by atoms with E-state index >= 15 is 0 Å². The van der Waals surface area contributed by atoms with Gasteiger partial charge in [0.25, 0.3) is 0 Å². The SMILES string of the molecule is CCCn1cncc1CNCCCN1CCCCC1. The van der Waals surface area contributed by atoms with Gasteiger partial charge >= 0.3 is 0 Å². The first-order chi connectivity index (χ1) is 9.40. The number of likely N-dealkylation sites (tertiary alicyclic amines) is 1. The zero-order valence-electron chi connectivity index (χ0n) is 12.3. The maximum Gasteiger partial charge on any atom is 0.0948 e. The highest BCUT2D eigenvalue weighted by Crippen LogP contribution is 2.08. The Morgan fingerprint density at radius 2 is 2.05 bits per heavy atom. The molecule has 1 aliphatic heterocycles. The third-order valence-corrected chi connectivity index (χ3v) is 3.85. The summed E-state index contributed by atoms with van der Waals surface area (Å²) in [6.07, 6.45) is 10.5. The molecule has 0 aliphatic carbocycles. The lowest BCUT2D eigenvalue weighted by Gasteiger charge is -2.26. The van der Waals surface area contributed by atoms with E-state index in [1.165, 1.54) is 57.4 Å². The van der Waals surface area contributed by atoms with Crippen LogP contribution >= 0.6 is 0 Å². The maximum atomic E-state index is 4.23. The monoisotopic (exact) mass is 264 g/mol. The second-order valence-corrected chi connectivity index (χ2v) is 5.51. The Labute approximate surface area is 117 Å². The number of hydrogen-bond acceptors (Lipinski definition) is 3. The lowest BCUT2D eigenvalue weighted by molar-refractivity contribution is 0.225. The molecule has 0 unspecified atom stereocenters. The van der Waals surface area contributed by atoms with Crippen LogP contribution in [0, 0.1) is 0 Å². The van der Waals surface area contributed by atoms with Gasteiger partial charge in [-0.05, 0) is 51.9 Å². The highest BCUT2D eigenvalue weighted by Gasteiger charge is 2.08. The second kappa shape index (κ2) is 8.33. The molecule has 0 aromatic carbocycles. The van der Waals surface area contributed by atoms with Gasteiger partial charge in [-0.3, -0.25) is 0 Å². The summed E-state index contributed by atoms with van der Waals surface area (Å²) in [4.78, 5) is 6.83. The van der Waals surface area contributed by atoms with Crippen LogP contribution in [0.5, 0.6) is 0 Å². The van der Waals surface area contributed by atoms with Crippen LogP contribution in [0.15, 0.2) is 12.5 Å². The minimum atomic E-state index is 0.944. The van der Waals surface area contributed by atoms with Gasteiger partial charge in [-0.2, -0.15) is 0 Å². The van der Waals surface area contributed by atoms with E-state index in [1.54, 1.807) is 0 Å². The first kappa shape index (κ1) is 14.5. The summed E-state index contributed by atoms with van der Waals surface area (Å²) in [5.74, 6) is 0. The Morgan fingerprint density at radius 1 is 1.21 bits per heavy atom. The zero-order chi connectivity index (χ0) is 13.3. The summed E-state index contributed by atoms with van der Waals surface area (Å²) >= 11 is 0. The highest BCUT2D eigenvalue weighted by atomic mass is 15.1. The molecule has 0 radical (unpaired) electrons. The molecule has 0 atom stereocenters. The van der Waals surface area contributed by atoms with Crippen molar-refractivity contribution in [3.8, 4) is 0 Å². The largest absolute Gasteiger partial charge is 0.333 e. The van der Waals surface area contributed by atoms with Crippen LogP contribution in [0.4, 0.5) is 0 Å². The minimum Gasteiger partial charge on any atom is -0.333 e. The first-order valence-electron chi connectivity index (χ1n) is 7.82. The molecule has 4 nitrogen and oxygen atoms in total. The van der Waals surface area contributed by atoms with E-state index in [4.69, 9.17) is 0 Å². The third kappa shape index (κ3) is 4.96. The number of piperidine rings is 1. The lowest BCUT2D eigenvalue weighted by Crippen LogP contribution is -2.32. The fraction of sp³-hybridized carbons (Fsp3) is 0.800. The number of rotatable bonds is 8. The molecule has 2 rings (SSSR count). The van der Waals surface area contributed by atoms with Crippen molar-refractivity contribution in [2.45, 2.75) is 52.1 Å². The van der Waals surface area contributed by atoms with Crippen molar-refractivity contribution in [1.82, 2.24) is 19.8 Å². The second-order valence-electron chi connectivity index (χ2n) is 5.51. The van der Waals surface area contributed by atoms with Crippen molar-refractivity contribution in [3.63, 3.8) is 0 Å². The van der Waals surface area contributed by atoms with Crippen LogP contribution in [0.1, 0.15) is 44.7 Å². The average molecular weight is 264 g/mol. The molecule has 0 amide bonds. The summed E-state index contributed by atoms with van der Waals surface area (Å²) in [6.45, 7) is 9.20. The number of nitrogens with one attached hydrogen (secondary N) is 1. The topological polar surface area (TPSA) is 33.1 Å². The van der Waals surface area contributed by atoms with Crippen molar-refractivity contribution in [1.29, 1.82) is 0 Å². The molecule has 0 bridgehead atoms. The predicted molar refractivity (Wildman–Crippen MR) is 79.1 cm³/mol. The van der Waals surface area contributed by atoms with Crippen LogP contribution in [0.3, 0.4) is 0 Å². The molecule has 4 heteroatoms. The Bertz CT molecular complexity index is 342. The summed E-state index contributed by atoms with van der Waals surface area (Å²) in [6, 6.07) is 0. The Balaban J connectivity index is 1.57. The summed E-state index contributed by atoms with van der Waals surface area (Å²) < 4.78 is 2.25. The lowest BCUT2D eigenvalue weighted by atomic mass is 10.1. The third-order valence-electron chi connectivity index (χ3n) is 3.85. The van der Waals surface area contributed by atoms with Gasteiger partial charge in [-0.1, -0.05) is 13.3 Å². The molecule has 19 heavy (non-hydrogen) atoms. The van der Waals surface area contributed by atoms with Crippen molar-refractivity contribution < 1.29 is 0 Å². The maximum absolute atomic E-state index is 4.23. The number of imidazole rings is 1. The van der Waals surface area contributed by atoms with E-state index in [-0.39, 0.29) is 0 Å². The van der Waals surface area contributed by atoms with Gasteiger partial charge in [0.1, 0.15) is 0 Å². The molecule has 1 aromatic rings. The van der Waals surface area contributed by atoms with E-state index in [2.05, 4.69) is 26.7 Å². The number of aromatic nitrogens is 2. The van der Waals surface area contributed by atoms with E-state index in [1.807, 2.05) is 12.5 Å². The molecule has 1 N–H and O–H groups in total. The van der Waals surface area contributed by atoms with E-state index in [0.717, 1.165) is 19.6 Å². The summed E-state index contributed by atoms with van der Waals surface area (Å²) in [5.41, 5.74) is 1.31. The van der Waals surface area contributed by atoms with Gasteiger partial charge in [0.15, 0.2) is 0 Å². The van der Waals surface area contributed by atoms with Gasteiger partial charge in [-0.15, -0.1) is 0 Å². The number of aryl methyl sites for hydroxylation is 1. The minimum absolute atomic E-state index is 0.944. The van der Waals surface area contributed by atoms with Crippen molar-refractivity contribution in [2.75, 3.05) is 26.2 Å². The van der Waals surface area contributed by atoms with Gasteiger partial charge < -0.3 is 14.8 Å². The van der Waals surface area contributed by atoms with Crippen LogP contribution < -0.4 is 5.32 Å². The van der Waals surface area contributed by atoms with Gasteiger partial charge in [0.2, 0.25) is 0 Å². The van der Waals surface area contributed by atoms with Crippen LogP contribution in [-0.2, 0) is 13.1 Å². The summed E-state index contributed by atoms with van der Waals surface area (Å²) in [7, 11) is 0. The van der Waals surface area contributed by atoms with Crippen molar-refractivity contribution >= 4 is 0 Å². The van der Waals surface area contributed by atoms with Crippen LogP contribution in [-0.4, -0.2) is 40.6 Å². The fourth-order valence-electron chi connectivity index (χ4n) is 2.76. The van der Waals surface area contributed by atoms with Gasteiger partial charge in [-0.25, -0.2) is 4.98 Å². The molecular weight excluding hydrogens is 236 g/mol. The average Bonchev–Trinajstić information content (AvgIpc) is 2.88. The smallest absolute Gasteiger partial charge is 0.0948 e. The molecule has 1 aromatic heterocycles. The molecule has 0 spiro atoms. The zero-order valence-corrected chi connectivity index (χ0v) is 12.3. The Morgan fingerprint density at radius 3 is 2.84 bits per heavy atom. The van der Waals surface area contributed by atoms with E-state index in [0.29, 0.717) is 0 Å². The number of hydrogen-bond donors (Lipinski definition) is 1. The first-order valence-corrected chi connectivity index (χ1v) is 7.82. The number of nitrogens with zero attached hydrogens (tertiary/aromatic N) is 3. The van der Waals surface area contributed by atoms with Crippen LogP contribution in [0.25, 0.3) is 0 Å². The molecule has 1 fully saturated rings. The van der Waals surface area contributed by atoms with Gasteiger partial charge in [0.05, 0.1) is 12.0 Å². The molecular formula is C15H28N4. The Kier molecular flexibility index (Phi) is 6.37. The van der Waals surface area contributed by atoms with Crippen molar-refractivity contribution in [3.05, 3.63) is 18.2 Å². The van der Waals surface area contributed by atoms with Crippen molar-refractivity contribution in [2.24, 2.45) is 0 Å². The van der Waals surface area contributed by atoms with Gasteiger partial charge in [0, 0.05) is 19.3 Å². The standard InChI is InChI=1S/C15H28N4/c1-2-8-19-14-17-13-15(19)12-16-7-6-11-18-9-4-3-5-10-18/h13-14,16H,2-12H2,1H3. The highest BCUT2D eigenvalue weighted by molar-refractivity contribution is 4.97. The molecule has 2 heterocycles. The quantitative estimate of drug-likeness (QED) is 0.731. The van der Waals surface area contributed by atoms with E-state index < -0.39 is 0 Å². The normalized spacial score (nSPS) is 16.9. The summed E-state index contributed by atoms with van der Waals surface area (Å²) in [5, 5.41) is 3.54. The van der Waals surface area contributed by atoms with E-state index in [9.17, 15) is 0 Å². The molecule has 1 aliphatic rings. The fourth-order valence-corrected chi connectivity index (χ4v) is 2.76. The van der Waals surface area contributed by atoms with Crippen LogP contribution in [0.2, 0.25) is 0 Å².